The summed E-state index contributed by atoms with van der Waals surface area (Å²) in [4.78, 5) is 14.1. The number of hydrogen-bond acceptors (Lipinski definition) is 3. The third-order valence-electron chi connectivity index (χ3n) is 4.24. The van der Waals surface area contributed by atoms with E-state index in [4.69, 9.17) is 11.6 Å². The molecule has 4 heteroatoms. The van der Waals surface area contributed by atoms with Crippen molar-refractivity contribution in [2.24, 2.45) is 0 Å². The van der Waals surface area contributed by atoms with Gasteiger partial charge >= 0.3 is 0 Å². The highest BCUT2D eigenvalue weighted by Crippen LogP contribution is 2.30. The molecule has 1 heterocycles. The number of carbonyl (C=O) groups is 1. The van der Waals surface area contributed by atoms with Crippen LogP contribution in [-0.4, -0.2) is 29.3 Å². The molecule has 2 aromatic carbocycles. The SMILES string of the molecule is CC(=O)c1ccccc1NC1(C)CN(Cc2ccccc2Cl)C1. The van der Waals surface area contributed by atoms with Crippen LogP contribution in [0.4, 0.5) is 5.69 Å². The monoisotopic (exact) mass is 328 g/mol. The molecule has 0 aromatic heterocycles. The van der Waals surface area contributed by atoms with Crippen LogP contribution >= 0.6 is 11.6 Å². The van der Waals surface area contributed by atoms with Gasteiger partial charge in [0.2, 0.25) is 0 Å². The number of carbonyl (C=O) groups excluding carboxylic acids is 1. The van der Waals surface area contributed by atoms with Crippen LogP contribution in [0.25, 0.3) is 0 Å². The summed E-state index contributed by atoms with van der Waals surface area (Å²) >= 11 is 6.23. The number of nitrogens with zero attached hydrogens (tertiary/aromatic N) is 1. The molecular weight excluding hydrogens is 308 g/mol. The zero-order valence-electron chi connectivity index (χ0n) is 13.5. The van der Waals surface area contributed by atoms with Crippen molar-refractivity contribution < 1.29 is 4.79 Å². The van der Waals surface area contributed by atoms with Crippen molar-refractivity contribution in [3.63, 3.8) is 0 Å². The molecule has 23 heavy (non-hydrogen) atoms. The molecule has 1 aliphatic heterocycles. The summed E-state index contributed by atoms with van der Waals surface area (Å²) in [7, 11) is 0. The fourth-order valence-electron chi connectivity index (χ4n) is 3.22. The molecule has 0 saturated carbocycles. The van der Waals surface area contributed by atoms with Gasteiger partial charge in [-0.2, -0.15) is 0 Å². The number of hydrogen-bond donors (Lipinski definition) is 1. The molecule has 0 bridgehead atoms. The lowest BCUT2D eigenvalue weighted by Gasteiger charge is -2.49. The predicted molar refractivity (Wildman–Crippen MR) is 95.2 cm³/mol. The number of anilines is 1. The van der Waals surface area contributed by atoms with Crippen LogP contribution in [0.1, 0.15) is 29.8 Å². The van der Waals surface area contributed by atoms with Gasteiger partial charge in [0.05, 0.1) is 5.54 Å². The summed E-state index contributed by atoms with van der Waals surface area (Å²) in [6.07, 6.45) is 0. The number of ketones is 1. The highest BCUT2D eigenvalue weighted by molar-refractivity contribution is 6.31. The van der Waals surface area contributed by atoms with E-state index in [1.54, 1.807) is 6.92 Å². The molecule has 1 saturated heterocycles. The van der Waals surface area contributed by atoms with Crippen LogP contribution in [0.5, 0.6) is 0 Å². The van der Waals surface area contributed by atoms with Crippen LogP contribution < -0.4 is 5.32 Å². The van der Waals surface area contributed by atoms with Gasteiger partial charge in [0.1, 0.15) is 0 Å². The molecular formula is C19H21ClN2O. The molecule has 1 fully saturated rings. The predicted octanol–water partition coefficient (Wildman–Crippen LogP) is 4.23. The van der Waals surface area contributed by atoms with Crippen molar-refractivity contribution in [3.8, 4) is 0 Å². The Morgan fingerprint density at radius 3 is 2.52 bits per heavy atom. The Hall–Kier alpha value is -1.84. The van der Waals surface area contributed by atoms with Gasteiger partial charge in [-0.3, -0.25) is 9.69 Å². The number of rotatable bonds is 5. The molecule has 1 aliphatic rings. The number of halogens is 1. The van der Waals surface area contributed by atoms with Crippen molar-refractivity contribution in [1.29, 1.82) is 0 Å². The lowest BCUT2D eigenvalue weighted by molar-refractivity contribution is 0.0904. The van der Waals surface area contributed by atoms with Crippen LogP contribution in [0.15, 0.2) is 48.5 Å². The van der Waals surface area contributed by atoms with Gasteiger partial charge in [-0.05, 0) is 37.6 Å². The normalized spacial score (nSPS) is 16.7. The van der Waals surface area contributed by atoms with E-state index < -0.39 is 0 Å². The topological polar surface area (TPSA) is 32.3 Å². The minimum Gasteiger partial charge on any atom is -0.377 e. The zero-order valence-corrected chi connectivity index (χ0v) is 14.2. The fraction of sp³-hybridized carbons (Fsp3) is 0.316. The highest BCUT2D eigenvalue weighted by Gasteiger charge is 2.39. The zero-order chi connectivity index (χ0) is 16.4. The van der Waals surface area contributed by atoms with Crippen molar-refractivity contribution in [1.82, 2.24) is 4.90 Å². The van der Waals surface area contributed by atoms with Gasteiger partial charge in [0.25, 0.3) is 0 Å². The van der Waals surface area contributed by atoms with E-state index in [0.717, 1.165) is 41.5 Å². The Kier molecular flexibility index (Phi) is 4.42. The summed E-state index contributed by atoms with van der Waals surface area (Å²) < 4.78 is 0. The van der Waals surface area contributed by atoms with Gasteiger partial charge in [-0.15, -0.1) is 0 Å². The maximum Gasteiger partial charge on any atom is 0.161 e. The number of benzene rings is 2. The first-order chi connectivity index (χ1) is 11.0. The molecule has 0 radical (unpaired) electrons. The number of Topliss-reactive ketones (excluding diaryl/α,β-unsaturated/α-hetero) is 1. The van der Waals surface area contributed by atoms with E-state index in [0.29, 0.717) is 0 Å². The second-order valence-electron chi connectivity index (χ2n) is 6.52. The smallest absolute Gasteiger partial charge is 0.161 e. The Morgan fingerprint density at radius 1 is 1.17 bits per heavy atom. The first kappa shape index (κ1) is 16.0. The lowest BCUT2D eigenvalue weighted by Crippen LogP contribution is -2.63. The van der Waals surface area contributed by atoms with Gasteiger partial charge < -0.3 is 5.32 Å². The Bertz CT molecular complexity index is 723. The van der Waals surface area contributed by atoms with E-state index in [1.807, 2.05) is 42.5 Å². The fourth-order valence-corrected chi connectivity index (χ4v) is 3.42. The van der Waals surface area contributed by atoms with E-state index in [9.17, 15) is 4.79 Å². The summed E-state index contributed by atoms with van der Waals surface area (Å²) in [5.41, 5.74) is 2.80. The first-order valence-corrected chi connectivity index (χ1v) is 8.19. The molecule has 0 aliphatic carbocycles. The van der Waals surface area contributed by atoms with Crippen molar-refractivity contribution in [2.75, 3.05) is 18.4 Å². The van der Waals surface area contributed by atoms with E-state index in [1.165, 1.54) is 0 Å². The molecule has 2 aromatic rings. The third-order valence-corrected chi connectivity index (χ3v) is 4.61. The van der Waals surface area contributed by atoms with Gasteiger partial charge in [0, 0.05) is 35.9 Å². The van der Waals surface area contributed by atoms with Gasteiger partial charge in [-0.1, -0.05) is 41.9 Å². The summed E-state index contributed by atoms with van der Waals surface area (Å²) in [5.74, 6) is 0.0870. The van der Waals surface area contributed by atoms with Crippen LogP contribution in [0, 0.1) is 0 Å². The minimum absolute atomic E-state index is 0.0210. The Morgan fingerprint density at radius 2 is 1.83 bits per heavy atom. The number of likely N-dealkylation sites (tertiary alicyclic amines) is 1. The molecule has 1 N–H and O–H groups in total. The summed E-state index contributed by atoms with van der Waals surface area (Å²) in [5, 5.41) is 4.36. The van der Waals surface area contributed by atoms with Gasteiger partial charge in [0.15, 0.2) is 5.78 Å². The Balaban J connectivity index is 1.64. The quantitative estimate of drug-likeness (QED) is 0.834. The maximum atomic E-state index is 11.7. The number of para-hydroxylation sites is 1. The molecule has 3 rings (SSSR count). The maximum absolute atomic E-state index is 11.7. The first-order valence-electron chi connectivity index (χ1n) is 7.81. The van der Waals surface area contributed by atoms with Crippen LogP contribution in [0.2, 0.25) is 5.02 Å². The van der Waals surface area contributed by atoms with Crippen LogP contribution in [0.3, 0.4) is 0 Å². The molecule has 0 atom stereocenters. The van der Waals surface area contributed by atoms with Crippen molar-refractivity contribution in [2.45, 2.75) is 25.9 Å². The second kappa shape index (κ2) is 6.34. The minimum atomic E-state index is -0.0210. The Labute approximate surface area is 142 Å². The molecule has 120 valence electrons. The standard InChI is InChI=1S/C19H21ClN2O/c1-14(23)16-8-4-6-10-18(16)21-19(2)12-22(13-19)11-15-7-3-5-9-17(15)20/h3-10,21H,11-13H2,1-2H3. The van der Waals surface area contributed by atoms with E-state index >= 15 is 0 Å². The molecule has 0 spiro atoms. The second-order valence-corrected chi connectivity index (χ2v) is 6.93. The van der Waals surface area contributed by atoms with Crippen molar-refractivity contribution >= 4 is 23.1 Å². The number of nitrogens with one attached hydrogen (secondary N) is 1. The summed E-state index contributed by atoms with van der Waals surface area (Å²) in [6.45, 7) is 6.49. The average Bonchev–Trinajstić information content (AvgIpc) is 2.48. The van der Waals surface area contributed by atoms with E-state index in [-0.39, 0.29) is 11.3 Å². The molecule has 0 unspecified atom stereocenters. The lowest BCUT2D eigenvalue weighted by atomic mass is 9.90. The van der Waals surface area contributed by atoms with Crippen LogP contribution in [-0.2, 0) is 6.54 Å². The van der Waals surface area contributed by atoms with E-state index in [2.05, 4.69) is 23.2 Å². The molecule has 3 nitrogen and oxygen atoms in total. The highest BCUT2D eigenvalue weighted by atomic mass is 35.5. The third kappa shape index (κ3) is 3.57. The average molecular weight is 329 g/mol. The molecule has 0 amide bonds. The van der Waals surface area contributed by atoms with Gasteiger partial charge in [-0.25, -0.2) is 0 Å². The van der Waals surface area contributed by atoms with Crippen molar-refractivity contribution in [3.05, 3.63) is 64.7 Å². The summed E-state index contributed by atoms with van der Waals surface area (Å²) in [6, 6.07) is 15.7. The largest absolute Gasteiger partial charge is 0.377 e.